The average Bonchev–Trinajstić information content (AvgIpc) is 2.38. The molecule has 1 unspecified atom stereocenters. The molecule has 0 aliphatic rings. The van der Waals surface area contributed by atoms with Crippen LogP contribution in [-0.4, -0.2) is 24.5 Å². The Morgan fingerprint density at radius 3 is 2.00 bits per heavy atom. The minimum Gasteiger partial charge on any atom is -0.329 e. The molecule has 0 fully saturated rings. The van der Waals surface area contributed by atoms with E-state index in [0.717, 1.165) is 19.5 Å². The van der Waals surface area contributed by atoms with Gasteiger partial charge in [0.15, 0.2) is 0 Å². The first kappa shape index (κ1) is 17.2. The summed E-state index contributed by atoms with van der Waals surface area (Å²) in [5.41, 5.74) is 8.99. The normalized spacial score (nSPS) is 13.4. The standard InChI is InChI=1S/C18H32N2/c1-6-16-9-7-8-10-17(16)18(11-19)20(12-14(2)3)13-15(4)5/h7-10,14-15,18H,6,11-13,19H2,1-5H3. The third-order valence-corrected chi connectivity index (χ3v) is 3.66. The minimum atomic E-state index is 0.343. The molecule has 20 heavy (non-hydrogen) atoms. The van der Waals surface area contributed by atoms with Crippen molar-refractivity contribution in [3.05, 3.63) is 35.4 Å². The molecule has 0 spiro atoms. The van der Waals surface area contributed by atoms with Crippen LogP contribution in [0.5, 0.6) is 0 Å². The maximum absolute atomic E-state index is 6.14. The Hall–Kier alpha value is -0.860. The maximum Gasteiger partial charge on any atom is 0.0473 e. The van der Waals surface area contributed by atoms with Gasteiger partial charge in [-0.3, -0.25) is 4.90 Å². The average molecular weight is 276 g/mol. The van der Waals surface area contributed by atoms with Gasteiger partial charge in [0.2, 0.25) is 0 Å². The van der Waals surface area contributed by atoms with Crippen LogP contribution in [-0.2, 0) is 6.42 Å². The first-order valence-electron chi connectivity index (χ1n) is 8.01. The third kappa shape index (κ3) is 4.92. The number of rotatable bonds is 8. The fourth-order valence-electron chi connectivity index (χ4n) is 2.92. The number of hydrogen-bond acceptors (Lipinski definition) is 2. The lowest BCUT2D eigenvalue weighted by Crippen LogP contribution is -2.39. The second-order valence-electron chi connectivity index (χ2n) is 6.55. The Labute approximate surface area is 125 Å². The van der Waals surface area contributed by atoms with Crippen molar-refractivity contribution in [1.82, 2.24) is 4.90 Å². The van der Waals surface area contributed by atoms with Gasteiger partial charge in [-0.2, -0.15) is 0 Å². The van der Waals surface area contributed by atoms with Gasteiger partial charge in [0.05, 0.1) is 0 Å². The van der Waals surface area contributed by atoms with Crippen LogP contribution in [0, 0.1) is 11.8 Å². The van der Waals surface area contributed by atoms with E-state index in [1.165, 1.54) is 11.1 Å². The molecule has 0 saturated carbocycles. The van der Waals surface area contributed by atoms with Gasteiger partial charge in [0, 0.05) is 25.7 Å². The molecule has 0 radical (unpaired) electrons. The summed E-state index contributed by atoms with van der Waals surface area (Å²) in [5.74, 6) is 1.33. The summed E-state index contributed by atoms with van der Waals surface area (Å²) >= 11 is 0. The molecule has 0 aliphatic carbocycles. The van der Waals surface area contributed by atoms with E-state index in [1.54, 1.807) is 0 Å². The predicted octanol–water partition coefficient (Wildman–Crippen LogP) is 3.86. The topological polar surface area (TPSA) is 29.3 Å². The predicted molar refractivity (Wildman–Crippen MR) is 88.9 cm³/mol. The lowest BCUT2D eigenvalue weighted by molar-refractivity contribution is 0.159. The van der Waals surface area contributed by atoms with Crippen molar-refractivity contribution in [2.24, 2.45) is 17.6 Å². The molecule has 2 heteroatoms. The highest BCUT2D eigenvalue weighted by molar-refractivity contribution is 5.30. The van der Waals surface area contributed by atoms with Crippen LogP contribution in [0.4, 0.5) is 0 Å². The zero-order valence-corrected chi connectivity index (χ0v) is 13.9. The van der Waals surface area contributed by atoms with Crippen LogP contribution in [0.25, 0.3) is 0 Å². The van der Waals surface area contributed by atoms with E-state index in [-0.39, 0.29) is 0 Å². The number of benzene rings is 1. The summed E-state index contributed by atoms with van der Waals surface area (Å²) in [6.07, 6.45) is 1.07. The largest absolute Gasteiger partial charge is 0.329 e. The molecule has 0 amide bonds. The zero-order valence-electron chi connectivity index (χ0n) is 13.9. The Balaban J connectivity index is 3.04. The number of nitrogens with two attached hydrogens (primary N) is 1. The Kier molecular flexibility index (Phi) is 7.25. The van der Waals surface area contributed by atoms with E-state index in [2.05, 4.69) is 63.8 Å². The molecule has 0 heterocycles. The monoisotopic (exact) mass is 276 g/mol. The molecule has 1 aromatic rings. The van der Waals surface area contributed by atoms with Crippen molar-refractivity contribution >= 4 is 0 Å². The molecular weight excluding hydrogens is 244 g/mol. The Bertz CT molecular complexity index is 375. The van der Waals surface area contributed by atoms with Crippen molar-refractivity contribution in [2.75, 3.05) is 19.6 Å². The van der Waals surface area contributed by atoms with Crippen LogP contribution in [0.1, 0.15) is 51.8 Å². The molecule has 1 aromatic carbocycles. The molecule has 0 saturated heterocycles. The van der Waals surface area contributed by atoms with E-state index in [4.69, 9.17) is 5.73 Å². The highest BCUT2D eigenvalue weighted by Crippen LogP contribution is 2.25. The first-order chi connectivity index (χ1) is 9.49. The number of nitrogens with zero attached hydrogens (tertiary/aromatic N) is 1. The van der Waals surface area contributed by atoms with Gasteiger partial charge in [-0.15, -0.1) is 0 Å². The molecule has 114 valence electrons. The van der Waals surface area contributed by atoms with Gasteiger partial charge < -0.3 is 5.73 Å². The van der Waals surface area contributed by atoms with Gasteiger partial charge in [-0.1, -0.05) is 58.9 Å². The number of hydrogen-bond donors (Lipinski definition) is 1. The SMILES string of the molecule is CCc1ccccc1C(CN)N(CC(C)C)CC(C)C. The smallest absolute Gasteiger partial charge is 0.0473 e. The van der Waals surface area contributed by atoms with Crippen molar-refractivity contribution in [3.63, 3.8) is 0 Å². The summed E-state index contributed by atoms with van der Waals surface area (Å²) < 4.78 is 0. The van der Waals surface area contributed by atoms with Gasteiger partial charge in [0.25, 0.3) is 0 Å². The summed E-state index contributed by atoms with van der Waals surface area (Å²) in [4.78, 5) is 2.57. The molecule has 1 rings (SSSR count). The highest BCUT2D eigenvalue weighted by atomic mass is 15.2. The van der Waals surface area contributed by atoms with Crippen LogP contribution in [0.2, 0.25) is 0 Å². The molecule has 0 aromatic heterocycles. The summed E-state index contributed by atoms with van der Waals surface area (Å²) in [5, 5.41) is 0. The fourth-order valence-corrected chi connectivity index (χ4v) is 2.92. The van der Waals surface area contributed by atoms with Crippen molar-refractivity contribution in [1.29, 1.82) is 0 Å². The van der Waals surface area contributed by atoms with Crippen molar-refractivity contribution < 1.29 is 0 Å². The maximum atomic E-state index is 6.14. The minimum absolute atomic E-state index is 0.343. The van der Waals surface area contributed by atoms with Gasteiger partial charge in [-0.25, -0.2) is 0 Å². The van der Waals surface area contributed by atoms with Gasteiger partial charge in [-0.05, 0) is 29.4 Å². The summed E-state index contributed by atoms with van der Waals surface area (Å²) in [7, 11) is 0. The highest BCUT2D eigenvalue weighted by Gasteiger charge is 2.22. The van der Waals surface area contributed by atoms with E-state index in [1.807, 2.05) is 0 Å². The van der Waals surface area contributed by atoms with Crippen molar-refractivity contribution in [3.8, 4) is 0 Å². The zero-order chi connectivity index (χ0) is 15.1. The van der Waals surface area contributed by atoms with E-state index >= 15 is 0 Å². The Morgan fingerprint density at radius 1 is 1.00 bits per heavy atom. The second kappa shape index (κ2) is 8.43. The van der Waals surface area contributed by atoms with E-state index in [9.17, 15) is 0 Å². The van der Waals surface area contributed by atoms with E-state index in [0.29, 0.717) is 24.4 Å². The molecule has 0 bridgehead atoms. The van der Waals surface area contributed by atoms with Crippen LogP contribution < -0.4 is 5.73 Å². The second-order valence-corrected chi connectivity index (χ2v) is 6.55. The van der Waals surface area contributed by atoms with Gasteiger partial charge in [0.1, 0.15) is 0 Å². The summed E-state index contributed by atoms with van der Waals surface area (Å²) in [6.45, 7) is 14.3. The number of aryl methyl sites for hydroxylation is 1. The Morgan fingerprint density at radius 2 is 1.55 bits per heavy atom. The third-order valence-electron chi connectivity index (χ3n) is 3.66. The fraction of sp³-hybridized carbons (Fsp3) is 0.667. The molecule has 2 N–H and O–H groups in total. The molecule has 0 aliphatic heterocycles. The van der Waals surface area contributed by atoms with Crippen LogP contribution >= 0.6 is 0 Å². The lowest BCUT2D eigenvalue weighted by atomic mass is 9.96. The summed E-state index contributed by atoms with van der Waals surface area (Å²) in [6, 6.07) is 9.10. The first-order valence-corrected chi connectivity index (χ1v) is 8.01. The van der Waals surface area contributed by atoms with Crippen LogP contribution in [0.15, 0.2) is 24.3 Å². The quantitative estimate of drug-likeness (QED) is 0.781. The van der Waals surface area contributed by atoms with Crippen LogP contribution in [0.3, 0.4) is 0 Å². The van der Waals surface area contributed by atoms with E-state index < -0.39 is 0 Å². The van der Waals surface area contributed by atoms with Crippen molar-refractivity contribution in [2.45, 2.75) is 47.1 Å². The van der Waals surface area contributed by atoms with Gasteiger partial charge >= 0.3 is 0 Å². The lowest BCUT2D eigenvalue weighted by Gasteiger charge is -2.35. The molecular formula is C18H32N2. The molecule has 2 nitrogen and oxygen atoms in total. The molecule has 1 atom stereocenters.